The second-order valence-electron chi connectivity index (χ2n) is 6.09. The van der Waals surface area contributed by atoms with Crippen LogP contribution < -0.4 is 16.0 Å². The van der Waals surface area contributed by atoms with Gasteiger partial charge < -0.3 is 15.5 Å². The topological polar surface area (TPSA) is 90.5 Å². The number of benzene rings is 1. The van der Waals surface area contributed by atoms with Gasteiger partial charge in [0.05, 0.1) is 6.54 Å². The van der Waals surface area contributed by atoms with Crippen molar-refractivity contribution in [3.05, 3.63) is 29.8 Å². The largest absolute Gasteiger partial charge is 0.376 e. The number of unbranched alkanes of at least 4 members (excludes halogenated alkanes) is 1. The molecule has 1 aliphatic rings. The van der Waals surface area contributed by atoms with Crippen LogP contribution in [0.5, 0.6) is 0 Å². The Labute approximate surface area is 148 Å². The number of carbonyl (C=O) groups is 3. The third kappa shape index (κ3) is 6.10. The highest BCUT2D eigenvalue weighted by atomic mass is 16.2. The van der Waals surface area contributed by atoms with Crippen LogP contribution in [-0.2, 0) is 4.79 Å². The van der Waals surface area contributed by atoms with E-state index in [9.17, 15) is 14.4 Å². The van der Waals surface area contributed by atoms with Gasteiger partial charge in [-0.2, -0.15) is 0 Å². The number of hydrogen-bond acceptors (Lipinski definition) is 4. The highest BCUT2D eigenvalue weighted by Gasteiger charge is 2.19. The minimum absolute atomic E-state index is 0.0133. The van der Waals surface area contributed by atoms with Crippen LogP contribution in [0.1, 0.15) is 43.0 Å². The molecule has 0 radical (unpaired) electrons. The summed E-state index contributed by atoms with van der Waals surface area (Å²) < 4.78 is 0. The maximum absolute atomic E-state index is 12.3. The van der Waals surface area contributed by atoms with Gasteiger partial charge in [0, 0.05) is 30.9 Å². The minimum atomic E-state index is -0.480. The van der Waals surface area contributed by atoms with Crippen LogP contribution >= 0.6 is 0 Å². The van der Waals surface area contributed by atoms with E-state index in [2.05, 4.69) is 16.0 Å². The lowest BCUT2D eigenvalue weighted by Gasteiger charge is -2.15. The molecule has 1 aliphatic heterocycles. The number of anilines is 1. The van der Waals surface area contributed by atoms with E-state index < -0.39 is 11.9 Å². The SMILES string of the molecule is CCCCNC(=O)NC(=O)CNc1ccc(C(=O)N2CCCC2)cc1. The molecule has 3 N–H and O–H groups in total. The number of amides is 4. The lowest BCUT2D eigenvalue weighted by atomic mass is 10.2. The van der Waals surface area contributed by atoms with E-state index in [0.717, 1.165) is 44.5 Å². The number of rotatable bonds is 7. The van der Waals surface area contributed by atoms with Crippen LogP contribution in [0.25, 0.3) is 0 Å². The zero-order valence-corrected chi connectivity index (χ0v) is 14.6. The molecular weight excluding hydrogens is 320 g/mol. The summed E-state index contributed by atoms with van der Waals surface area (Å²) in [7, 11) is 0. The summed E-state index contributed by atoms with van der Waals surface area (Å²) in [5.41, 5.74) is 1.37. The van der Waals surface area contributed by atoms with Crippen molar-refractivity contribution in [2.45, 2.75) is 32.6 Å². The summed E-state index contributed by atoms with van der Waals surface area (Å²) >= 11 is 0. The zero-order chi connectivity index (χ0) is 18.1. The van der Waals surface area contributed by atoms with Crippen molar-refractivity contribution in [1.29, 1.82) is 0 Å². The molecule has 0 atom stereocenters. The predicted molar refractivity (Wildman–Crippen MR) is 96.5 cm³/mol. The van der Waals surface area contributed by atoms with Gasteiger partial charge in [-0.05, 0) is 43.5 Å². The van der Waals surface area contributed by atoms with E-state index >= 15 is 0 Å². The van der Waals surface area contributed by atoms with Gasteiger partial charge in [-0.3, -0.25) is 14.9 Å². The van der Waals surface area contributed by atoms with E-state index in [1.54, 1.807) is 24.3 Å². The van der Waals surface area contributed by atoms with Crippen LogP contribution in [-0.4, -0.2) is 48.9 Å². The molecule has 0 bridgehead atoms. The molecule has 4 amide bonds. The second-order valence-corrected chi connectivity index (χ2v) is 6.09. The second kappa shape index (κ2) is 9.66. The molecule has 0 spiro atoms. The Morgan fingerprint density at radius 2 is 1.76 bits per heavy atom. The third-order valence-corrected chi connectivity index (χ3v) is 4.05. The summed E-state index contributed by atoms with van der Waals surface area (Å²) in [5, 5.41) is 7.82. The number of imide groups is 1. The van der Waals surface area contributed by atoms with E-state index in [0.29, 0.717) is 12.1 Å². The molecule has 7 nitrogen and oxygen atoms in total. The van der Waals surface area contributed by atoms with E-state index in [-0.39, 0.29) is 12.5 Å². The molecule has 1 heterocycles. The molecule has 1 fully saturated rings. The van der Waals surface area contributed by atoms with Crippen LogP contribution in [0.2, 0.25) is 0 Å². The first kappa shape index (κ1) is 18.8. The summed E-state index contributed by atoms with van der Waals surface area (Å²) in [5.74, 6) is -0.364. The minimum Gasteiger partial charge on any atom is -0.376 e. The van der Waals surface area contributed by atoms with Crippen molar-refractivity contribution >= 4 is 23.5 Å². The molecule has 2 rings (SSSR count). The third-order valence-electron chi connectivity index (χ3n) is 4.05. The highest BCUT2D eigenvalue weighted by Crippen LogP contribution is 2.15. The monoisotopic (exact) mass is 346 g/mol. The van der Waals surface area contributed by atoms with Gasteiger partial charge in [-0.25, -0.2) is 4.79 Å². The van der Waals surface area contributed by atoms with Crippen molar-refractivity contribution in [3.63, 3.8) is 0 Å². The fraction of sp³-hybridized carbons (Fsp3) is 0.500. The first-order chi connectivity index (χ1) is 12.1. The van der Waals surface area contributed by atoms with Crippen LogP contribution in [0.3, 0.4) is 0 Å². The number of nitrogens with zero attached hydrogens (tertiary/aromatic N) is 1. The van der Waals surface area contributed by atoms with Gasteiger partial charge in [0.1, 0.15) is 0 Å². The van der Waals surface area contributed by atoms with Crippen molar-refractivity contribution in [2.24, 2.45) is 0 Å². The van der Waals surface area contributed by atoms with Crippen molar-refractivity contribution in [1.82, 2.24) is 15.5 Å². The van der Waals surface area contributed by atoms with Gasteiger partial charge in [0.2, 0.25) is 5.91 Å². The Bertz CT molecular complexity index is 595. The molecule has 7 heteroatoms. The van der Waals surface area contributed by atoms with Crippen molar-refractivity contribution in [3.8, 4) is 0 Å². The van der Waals surface area contributed by atoms with Crippen LogP contribution in [0.4, 0.5) is 10.5 Å². The van der Waals surface area contributed by atoms with E-state index in [1.807, 2.05) is 11.8 Å². The summed E-state index contributed by atoms with van der Waals surface area (Å²) in [6.45, 7) is 4.20. The van der Waals surface area contributed by atoms with Gasteiger partial charge in [0.25, 0.3) is 5.91 Å². The maximum Gasteiger partial charge on any atom is 0.321 e. The van der Waals surface area contributed by atoms with Gasteiger partial charge in [0.15, 0.2) is 0 Å². The van der Waals surface area contributed by atoms with Crippen LogP contribution in [0.15, 0.2) is 24.3 Å². The molecular formula is C18H26N4O3. The number of nitrogens with one attached hydrogen (secondary N) is 3. The number of likely N-dealkylation sites (tertiary alicyclic amines) is 1. The van der Waals surface area contributed by atoms with Gasteiger partial charge in [-0.15, -0.1) is 0 Å². The number of hydrogen-bond donors (Lipinski definition) is 3. The van der Waals surface area contributed by atoms with Crippen molar-refractivity contribution < 1.29 is 14.4 Å². The Morgan fingerprint density at radius 3 is 2.40 bits per heavy atom. The molecule has 25 heavy (non-hydrogen) atoms. The average molecular weight is 346 g/mol. The molecule has 1 aromatic rings. The Hall–Kier alpha value is -2.57. The van der Waals surface area contributed by atoms with Crippen LogP contribution in [0, 0.1) is 0 Å². The number of carbonyl (C=O) groups excluding carboxylic acids is 3. The van der Waals surface area contributed by atoms with Gasteiger partial charge in [-0.1, -0.05) is 13.3 Å². The smallest absolute Gasteiger partial charge is 0.321 e. The maximum atomic E-state index is 12.3. The molecule has 0 saturated carbocycles. The lowest BCUT2D eigenvalue weighted by Crippen LogP contribution is -2.42. The first-order valence-electron chi connectivity index (χ1n) is 8.81. The summed E-state index contributed by atoms with van der Waals surface area (Å²) in [4.78, 5) is 37.3. The lowest BCUT2D eigenvalue weighted by molar-refractivity contribution is -0.118. The Kier molecular flexibility index (Phi) is 7.25. The predicted octanol–water partition coefficient (Wildman–Crippen LogP) is 1.96. The Balaban J connectivity index is 1.74. The number of urea groups is 1. The van der Waals surface area contributed by atoms with E-state index in [4.69, 9.17) is 0 Å². The molecule has 0 aliphatic carbocycles. The van der Waals surface area contributed by atoms with Gasteiger partial charge >= 0.3 is 6.03 Å². The van der Waals surface area contributed by atoms with E-state index in [1.165, 1.54) is 0 Å². The Morgan fingerprint density at radius 1 is 1.08 bits per heavy atom. The normalized spacial score (nSPS) is 13.4. The fourth-order valence-electron chi connectivity index (χ4n) is 2.61. The summed E-state index contributed by atoms with van der Waals surface area (Å²) in [6, 6.07) is 6.54. The van der Waals surface area contributed by atoms with Crippen molar-refractivity contribution in [2.75, 3.05) is 31.5 Å². The fourth-order valence-corrected chi connectivity index (χ4v) is 2.61. The molecule has 0 aromatic heterocycles. The standard InChI is InChI=1S/C18H26N4O3/c1-2-3-10-19-18(25)21-16(23)13-20-15-8-6-14(7-9-15)17(24)22-11-4-5-12-22/h6-9,20H,2-5,10-13H2,1H3,(H2,19,21,23,25). The quantitative estimate of drug-likeness (QED) is 0.658. The molecule has 0 unspecified atom stereocenters. The molecule has 136 valence electrons. The zero-order valence-electron chi connectivity index (χ0n) is 14.6. The average Bonchev–Trinajstić information content (AvgIpc) is 3.14. The summed E-state index contributed by atoms with van der Waals surface area (Å²) in [6.07, 6.45) is 3.98. The molecule has 1 aromatic carbocycles. The highest BCUT2D eigenvalue weighted by molar-refractivity contribution is 5.96. The molecule has 1 saturated heterocycles. The first-order valence-corrected chi connectivity index (χ1v) is 8.81.